The number of thiazole rings is 1. The third-order valence-corrected chi connectivity index (χ3v) is 5.99. The largest absolute Gasteiger partial charge is 0.345 e. The maximum Gasteiger partial charge on any atom is 0.247 e. The molecule has 4 aromatic rings. The van der Waals surface area contributed by atoms with Gasteiger partial charge in [0, 0.05) is 46.0 Å². The average Bonchev–Trinajstić information content (AvgIpc) is 3.35. The van der Waals surface area contributed by atoms with E-state index in [1.165, 1.54) is 6.08 Å². The van der Waals surface area contributed by atoms with Gasteiger partial charge in [0.15, 0.2) is 5.13 Å². The molecule has 0 aliphatic rings. The number of hydrogen-bond donors (Lipinski definition) is 2. The molecule has 0 fully saturated rings. The number of carbonyl (C=O) groups excluding carboxylic acids is 1. The smallest absolute Gasteiger partial charge is 0.247 e. The molecule has 2 N–H and O–H groups in total. The molecule has 0 spiro atoms. The Morgan fingerprint density at radius 1 is 1.26 bits per heavy atom. The molecule has 1 amide bonds. The molecule has 0 unspecified atom stereocenters. The topological polar surface area (TPSA) is 71.8 Å². The summed E-state index contributed by atoms with van der Waals surface area (Å²) in [6.45, 7) is 11.9. The van der Waals surface area contributed by atoms with Gasteiger partial charge in [0.2, 0.25) is 5.91 Å². The molecule has 0 aliphatic heterocycles. The predicted octanol–water partition coefficient (Wildman–Crippen LogP) is 6.23. The number of hydrogen-bond acceptors (Lipinski definition) is 5. The molecule has 6 nitrogen and oxygen atoms in total. The van der Waals surface area contributed by atoms with Gasteiger partial charge in [-0.25, -0.2) is 9.97 Å². The van der Waals surface area contributed by atoms with Crippen LogP contribution in [-0.2, 0) is 4.79 Å². The minimum absolute atomic E-state index is 0.237. The van der Waals surface area contributed by atoms with Gasteiger partial charge in [0.05, 0.1) is 11.2 Å². The van der Waals surface area contributed by atoms with Crippen LogP contribution >= 0.6 is 11.3 Å². The number of aryl methyl sites for hydroxylation is 1. The van der Waals surface area contributed by atoms with Crippen molar-refractivity contribution in [1.82, 2.24) is 14.5 Å². The first-order valence-electron chi connectivity index (χ1n) is 10.1. The van der Waals surface area contributed by atoms with Crippen molar-refractivity contribution in [3.8, 4) is 11.3 Å². The number of aromatic nitrogens is 3. The van der Waals surface area contributed by atoms with Crippen LogP contribution in [0.15, 0.2) is 55.4 Å². The summed E-state index contributed by atoms with van der Waals surface area (Å²) in [4.78, 5) is 22.4. The van der Waals surface area contributed by atoms with E-state index >= 15 is 0 Å². The van der Waals surface area contributed by atoms with E-state index in [-0.39, 0.29) is 5.91 Å². The minimum atomic E-state index is -0.237. The van der Waals surface area contributed by atoms with Gasteiger partial charge < -0.3 is 15.2 Å². The summed E-state index contributed by atoms with van der Waals surface area (Å²) in [7, 11) is 0. The van der Waals surface area contributed by atoms with Crippen LogP contribution in [0.25, 0.3) is 22.2 Å². The number of rotatable bonds is 6. The zero-order chi connectivity index (χ0) is 22.1. The summed E-state index contributed by atoms with van der Waals surface area (Å²) in [5.41, 5.74) is 4.61. The van der Waals surface area contributed by atoms with Gasteiger partial charge in [-0.1, -0.05) is 18.7 Å². The van der Waals surface area contributed by atoms with Gasteiger partial charge in [-0.2, -0.15) is 0 Å². The number of fused-ring (bicyclic) bond motifs is 1. The number of nitrogens with one attached hydrogen (secondary N) is 2. The molecule has 3 heterocycles. The van der Waals surface area contributed by atoms with Crippen LogP contribution in [0, 0.1) is 13.8 Å². The first-order valence-corrected chi connectivity index (χ1v) is 10.9. The van der Waals surface area contributed by atoms with Gasteiger partial charge in [-0.15, -0.1) is 11.3 Å². The number of carbonyl (C=O) groups is 1. The van der Waals surface area contributed by atoms with Crippen molar-refractivity contribution in [2.24, 2.45) is 0 Å². The summed E-state index contributed by atoms with van der Waals surface area (Å²) in [5, 5.41) is 8.11. The lowest BCUT2D eigenvalue weighted by Crippen LogP contribution is -2.09. The van der Waals surface area contributed by atoms with Crippen LogP contribution in [0.5, 0.6) is 0 Å². The lowest BCUT2D eigenvalue weighted by molar-refractivity contribution is -0.111. The normalized spacial score (nSPS) is 11.1. The fraction of sp³-hybridized carbons (Fsp3) is 0.208. The highest BCUT2D eigenvalue weighted by Gasteiger charge is 2.17. The van der Waals surface area contributed by atoms with Crippen molar-refractivity contribution >= 4 is 44.8 Å². The lowest BCUT2D eigenvalue weighted by atomic mass is 10.0. The summed E-state index contributed by atoms with van der Waals surface area (Å²) < 4.78 is 2.23. The number of amides is 1. The maximum atomic E-state index is 11.9. The Morgan fingerprint density at radius 3 is 2.74 bits per heavy atom. The van der Waals surface area contributed by atoms with Crippen LogP contribution in [0.3, 0.4) is 0 Å². The Kier molecular flexibility index (Phi) is 5.61. The predicted molar refractivity (Wildman–Crippen MR) is 129 cm³/mol. The van der Waals surface area contributed by atoms with E-state index < -0.39 is 0 Å². The third kappa shape index (κ3) is 4.09. The van der Waals surface area contributed by atoms with E-state index in [2.05, 4.69) is 58.9 Å². The number of nitrogens with zero attached hydrogens (tertiary/aromatic N) is 3. The highest BCUT2D eigenvalue weighted by Crippen LogP contribution is 2.36. The maximum absolute atomic E-state index is 11.9. The molecule has 3 aromatic heterocycles. The molecular formula is C24H25N5OS. The SMILES string of the molecule is C=CC(=O)Nc1cccc(-c2nc(Nc3ncc(C)s3)cc3c2ccn3C(C)C)c1C. The third-order valence-electron chi connectivity index (χ3n) is 5.16. The summed E-state index contributed by atoms with van der Waals surface area (Å²) in [6.07, 6.45) is 5.21. The lowest BCUT2D eigenvalue weighted by Gasteiger charge is -2.15. The fourth-order valence-electron chi connectivity index (χ4n) is 3.61. The Bertz CT molecular complexity index is 1280. The van der Waals surface area contributed by atoms with Crippen LogP contribution in [-0.4, -0.2) is 20.4 Å². The number of pyridine rings is 1. The van der Waals surface area contributed by atoms with E-state index in [9.17, 15) is 4.79 Å². The Hall–Kier alpha value is -3.45. The van der Waals surface area contributed by atoms with Crippen molar-refractivity contribution < 1.29 is 4.79 Å². The van der Waals surface area contributed by atoms with Gasteiger partial charge >= 0.3 is 0 Å². The minimum Gasteiger partial charge on any atom is -0.345 e. The van der Waals surface area contributed by atoms with E-state index in [1.54, 1.807) is 11.3 Å². The number of benzene rings is 1. The van der Waals surface area contributed by atoms with Crippen molar-refractivity contribution in [3.05, 3.63) is 65.8 Å². The van der Waals surface area contributed by atoms with E-state index in [0.29, 0.717) is 6.04 Å². The van der Waals surface area contributed by atoms with Crippen LogP contribution in [0.2, 0.25) is 0 Å². The van der Waals surface area contributed by atoms with Gasteiger partial charge in [0.25, 0.3) is 0 Å². The molecule has 0 radical (unpaired) electrons. The highest BCUT2D eigenvalue weighted by atomic mass is 32.1. The molecule has 7 heteroatoms. The van der Waals surface area contributed by atoms with Crippen LogP contribution in [0.1, 0.15) is 30.3 Å². The summed E-state index contributed by atoms with van der Waals surface area (Å²) in [6, 6.07) is 10.3. The van der Waals surface area contributed by atoms with Crippen LogP contribution in [0.4, 0.5) is 16.6 Å². The van der Waals surface area contributed by atoms with E-state index in [4.69, 9.17) is 4.98 Å². The second-order valence-corrected chi connectivity index (χ2v) is 8.91. The second kappa shape index (κ2) is 8.35. The summed E-state index contributed by atoms with van der Waals surface area (Å²) >= 11 is 1.59. The number of anilines is 3. The molecule has 0 saturated heterocycles. The molecule has 1 aromatic carbocycles. The average molecular weight is 432 g/mol. The molecule has 0 saturated carbocycles. The quantitative estimate of drug-likeness (QED) is 0.355. The molecule has 4 rings (SSSR count). The zero-order valence-electron chi connectivity index (χ0n) is 18.1. The van der Waals surface area contributed by atoms with Crippen molar-refractivity contribution in [1.29, 1.82) is 0 Å². The van der Waals surface area contributed by atoms with E-state index in [0.717, 1.165) is 49.2 Å². The van der Waals surface area contributed by atoms with Gasteiger partial charge in [-0.05, 0) is 51.5 Å². The second-order valence-electron chi connectivity index (χ2n) is 7.68. The molecule has 0 aliphatic carbocycles. The molecule has 158 valence electrons. The first-order chi connectivity index (χ1) is 14.9. The molecular weight excluding hydrogens is 406 g/mol. The van der Waals surface area contributed by atoms with Crippen LogP contribution < -0.4 is 10.6 Å². The Morgan fingerprint density at radius 2 is 2.06 bits per heavy atom. The fourth-order valence-corrected chi connectivity index (χ4v) is 4.28. The molecule has 0 atom stereocenters. The Balaban J connectivity index is 1.89. The first kappa shape index (κ1) is 20.8. The summed E-state index contributed by atoms with van der Waals surface area (Å²) in [5.74, 6) is 0.497. The standard InChI is InChI=1S/C24H25N5OS/c1-6-22(30)26-19-9-7-8-17(16(19)5)23-18-10-11-29(14(2)3)20(18)12-21(27-23)28-24-25-13-15(4)31-24/h6-14H,1H2,2-5H3,(H,26,30)(H,25,27,28). The van der Waals surface area contributed by atoms with E-state index in [1.807, 2.05) is 38.2 Å². The zero-order valence-corrected chi connectivity index (χ0v) is 18.9. The highest BCUT2D eigenvalue weighted by molar-refractivity contribution is 7.15. The van der Waals surface area contributed by atoms with Crippen molar-refractivity contribution in [3.63, 3.8) is 0 Å². The monoisotopic (exact) mass is 431 g/mol. The molecule has 0 bridgehead atoms. The van der Waals surface area contributed by atoms with Crippen molar-refractivity contribution in [2.75, 3.05) is 10.6 Å². The molecule has 31 heavy (non-hydrogen) atoms. The van der Waals surface area contributed by atoms with Gasteiger partial charge in [0.1, 0.15) is 5.82 Å². The van der Waals surface area contributed by atoms with Gasteiger partial charge in [-0.3, -0.25) is 4.79 Å². The van der Waals surface area contributed by atoms with Crippen molar-refractivity contribution in [2.45, 2.75) is 33.7 Å². The Labute approximate surface area is 185 Å².